The first kappa shape index (κ1) is 9.42. The minimum absolute atomic E-state index is 0.515. The molecule has 1 aromatic heterocycles. The first-order chi connectivity index (χ1) is 5.69. The van der Waals surface area contributed by atoms with Gasteiger partial charge >= 0.3 is 0 Å². The summed E-state index contributed by atoms with van der Waals surface area (Å²) in [6.45, 7) is 0. The van der Waals surface area contributed by atoms with E-state index in [2.05, 4.69) is 15.6 Å². The molecule has 1 heterocycles. The van der Waals surface area contributed by atoms with Crippen LogP contribution >= 0.6 is 23.2 Å². The molecule has 0 spiro atoms. The predicted octanol–water partition coefficient (Wildman–Crippen LogP) is 2.47. The minimum atomic E-state index is 0.515. The van der Waals surface area contributed by atoms with Gasteiger partial charge in [-0.05, 0) is 6.07 Å². The fourth-order valence-corrected chi connectivity index (χ4v) is 1.36. The average Bonchev–Trinajstić information content (AvgIpc) is 2.05. The van der Waals surface area contributed by atoms with Gasteiger partial charge in [0.05, 0.1) is 10.0 Å². The normalized spacial score (nSPS) is 9.67. The van der Waals surface area contributed by atoms with Crippen LogP contribution < -0.4 is 10.6 Å². The van der Waals surface area contributed by atoms with Gasteiger partial charge in [0.25, 0.3) is 0 Å². The third-order valence-electron chi connectivity index (χ3n) is 1.40. The summed E-state index contributed by atoms with van der Waals surface area (Å²) in [5.41, 5.74) is 0. The van der Waals surface area contributed by atoms with Gasteiger partial charge in [0, 0.05) is 14.1 Å². The summed E-state index contributed by atoms with van der Waals surface area (Å²) < 4.78 is 0. The van der Waals surface area contributed by atoms with Crippen LogP contribution in [0.15, 0.2) is 6.07 Å². The van der Waals surface area contributed by atoms with Gasteiger partial charge in [0.15, 0.2) is 0 Å². The molecule has 0 radical (unpaired) electrons. The number of halogens is 2. The van der Waals surface area contributed by atoms with Crippen LogP contribution in [0, 0.1) is 0 Å². The molecule has 0 bridgehead atoms. The standard InChI is InChI=1S/C7H9Cl2N3/c1-10-6-4(8)3-5(9)7(11-2)12-6/h3H,1-2H3,(H2,10,11,12). The second-order valence-corrected chi connectivity index (χ2v) is 2.96. The molecule has 66 valence electrons. The number of hydrogen-bond acceptors (Lipinski definition) is 3. The van der Waals surface area contributed by atoms with Crippen molar-refractivity contribution in [2.75, 3.05) is 24.7 Å². The molecule has 0 saturated heterocycles. The van der Waals surface area contributed by atoms with Crippen molar-refractivity contribution in [2.24, 2.45) is 0 Å². The maximum atomic E-state index is 5.82. The van der Waals surface area contributed by atoms with E-state index >= 15 is 0 Å². The molecule has 12 heavy (non-hydrogen) atoms. The Hall–Kier alpha value is -0.670. The van der Waals surface area contributed by atoms with Crippen molar-refractivity contribution in [2.45, 2.75) is 0 Å². The largest absolute Gasteiger partial charge is 0.372 e. The van der Waals surface area contributed by atoms with Crippen LogP contribution in [0.1, 0.15) is 0 Å². The van der Waals surface area contributed by atoms with Crippen LogP contribution in [0.4, 0.5) is 11.6 Å². The lowest BCUT2D eigenvalue weighted by Crippen LogP contribution is -1.98. The van der Waals surface area contributed by atoms with Crippen molar-refractivity contribution in [3.05, 3.63) is 16.1 Å². The van der Waals surface area contributed by atoms with Crippen LogP contribution in [0.2, 0.25) is 10.0 Å². The minimum Gasteiger partial charge on any atom is -0.372 e. The number of pyridine rings is 1. The molecule has 0 aromatic carbocycles. The van der Waals surface area contributed by atoms with Crippen molar-refractivity contribution >= 4 is 34.8 Å². The molecule has 1 rings (SSSR count). The van der Waals surface area contributed by atoms with Crippen molar-refractivity contribution in [3.63, 3.8) is 0 Å². The van der Waals surface area contributed by atoms with Crippen LogP contribution in [0.5, 0.6) is 0 Å². The quantitative estimate of drug-likeness (QED) is 0.780. The first-order valence-electron chi connectivity index (χ1n) is 3.40. The summed E-state index contributed by atoms with van der Waals surface area (Å²) in [6, 6.07) is 1.65. The van der Waals surface area contributed by atoms with Crippen LogP contribution in [0.25, 0.3) is 0 Å². The van der Waals surface area contributed by atoms with Crippen molar-refractivity contribution in [3.8, 4) is 0 Å². The van der Waals surface area contributed by atoms with E-state index in [1.807, 2.05) is 0 Å². The summed E-state index contributed by atoms with van der Waals surface area (Å²) in [5.74, 6) is 1.23. The Morgan fingerprint density at radius 2 is 1.50 bits per heavy atom. The number of anilines is 2. The lowest BCUT2D eigenvalue weighted by atomic mass is 10.4. The Morgan fingerprint density at radius 3 is 1.83 bits per heavy atom. The number of hydrogen-bond donors (Lipinski definition) is 2. The third kappa shape index (κ3) is 1.73. The lowest BCUT2D eigenvalue weighted by Gasteiger charge is -2.07. The summed E-state index contributed by atoms with van der Waals surface area (Å²) >= 11 is 11.6. The van der Waals surface area contributed by atoms with Crippen LogP contribution in [0.3, 0.4) is 0 Å². The Kier molecular flexibility index (Phi) is 3.00. The molecule has 0 aliphatic carbocycles. The molecule has 5 heteroatoms. The zero-order valence-electron chi connectivity index (χ0n) is 6.78. The SMILES string of the molecule is CNc1nc(NC)c(Cl)cc1Cl. The summed E-state index contributed by atoms with van der Waals surface area (Å²) in [4.78, 5) is 4.12. The van der Waals surface area contributed by atoms with E-state index < -0.39 is 0 Å². The zero-order chi connectivity index (χ0) is 9.14. The summed E-state index contributed by atoms with van der Waals surface area (Å²) in [7, 11) is 3.50. The van der Waals surface area contributed by atoms with Gasteiger partial charge in [-0.2, -0.15) is 0 Å². The molecule has 1 aromatic rings. The maximum Gasteiger partial charge on any atom is 0.147 e. The fourth-order valence-electron chi connectivity index (χ4n) is 0.817. The van der Waals surface area contributed by atoms with Gasteiger partial charge in [-0.15, -0.1) is 0 Å². The van der Waals surface area contributed by atoms with Gasteiger partial charge < -0.3 is 10.6 Å². The highest BCUT2D eigenvalue weighted by atomic mass is 35.5. The molecule has 0 fully saturated rings. The third-order valence-corrected chi connectivity index (χ3v) is 1.98. The molecule has 0 atom stereocenters. The second-order valence-electron chi connectivity index (χ2n) is 2.15. The van der Waals surface area contributed by atoms with Gasteiger partial charge in [-0.3, -0.25) is 0 Å². The summed E-state index contributed by atoms with van der Waals surface area (Å²) in [6.07, 6.45) is 0. The smallest absolute Gasteiger partial charge is 0.147 e. The van der Waals surface area contributed by atoms with E-state index in [9.17, 15) is 0 Å². The highest BCUT2D eigenvalue weighted by Crippen LogP contribution is 2.28. The number of nitrogens with one attached hydrogen (secondary N) is 2. The second kappa shape index (κ2) is 3.83. The van der Waals surface area contributed by atoms with E-state index in [1.54, 1.807) is 20.2 Å². The Bertz CT molecular complexity index is 263. The molecular weight excluding hydrogens is 197 g/mol. The van der Waals surface area contributed by atoms with E-state index in [0.29, 0.717) is 21.7 Å². The van der Waals surface area contributed by atoms with E-state index in [1.165, 1.54) is 0 Å². The topological polar surface area (TPSA) is 37.0 Å². The molecule has 0 aliphatic rings. The molecule has 0 unspecified atom stereocenters. The first-order valence-corrected chi connectivity index (χ1v) is 4.16. The van der Waals surface area contributed by atoms with Crippen molar-refractivity contribution in [1.82, 2.24) is 4.98 Å². The van der Waals surface area contributed by atoms with Crippen LogP contribution in [-0.2, 0) is 0 Å². The Morgan fingerprint density at radius 1 is 1.08 bits per heavy atom. The number of nitrogens with zero attached hydrogens (tertiary/aromatic N) is 1. The highest BCUT2D eigenvalue weighted by Gasteiger charge is 2.05. The van der Waals surface area contributed by atoms with Gasteiger partial charge in [0.2, 0.25) is 0 Å². The average molecular weight is 206 g/mol. The molecule has 0 aliphatic heterocycles. The van der Waals surface area contributed by atoms with Crippen molar-refractivity contribution < 1.29 is 0 Å². The van der Waals surface area contributed by atoms with E-state index in [0.717, 1.165) is 0 Å². The van der Waals surface area contributed by atoms with Gasteiger partial charge in [-0.1, -0.05) is 23.2 Å². The van der Waals surface area contributed by atoms with Gasteiger partial charge in [0.1, 0.15) is 11.6 Å². The van der Waals surface area contributed by atoms with E-state index in [4.69, 9.17) is 23.2 Å². The fraction of sp³-hybridized carbons (Fsp3) is 0.286. The molecule has 0 saturated carbocycles. The van der Waals surface area contributed by atoms with Crippen molar-refractivity contribution in [1.29, 1.82) is 0 Å². The number of aromatic nitrogens is 1. The highest BCUT2D eigenvalue weighted by molar-refractivity contribution is 6.37. The zero-order valence-corrected chi connectivity index (χ0v) is 8.29. The molecular formula is C7H9Cl2N3. The predicted molar refractivity (Wildman–Crippen MR) is 53.4 cm³/mol. The van der Waals surface area contributed by atoms with Gasteiger partial charge in [-0.25, -0.2) is 4.98 Å². The molecule has 3 nitrogen and oxygen atoms in total. The molecule has 0 amide bonds. The van der Waals surface area contributed by atoms with E-state index in [-0.39, 0.29) is 0 Å². The lowest BCUT2D eigenvalue weighted by molar-refractivity contribution is 1.26. The number of rotatable bonds is 2. The molecule has 2 N–H and O–H groups in total. The Balaban J connectivity index is 3.18. The van der Waals surface area contributed by atoms with Crippen LogP contribution in [-0.4, -0.2) is 19.1 Å². The Labute approximate surface area is 81.1 Å². The monoisotopic (exact) mass is 205 g/mol. The summed E-state index contributed by atoms with van der Waals surface area (Å²) in [5, 5.41) is 6.74. The maximum absolute atomic E-state index is 5.82.